The SMILES string of the molecule is CC(=NNC(=O)c1ccc(F)cc1)c1ccc(C#N)cc1. The van der Waals surface area contributed by atoms with Crippen molar-refractivity contribution in [2.45, 2.75) is 6.92 Å². The lowest BCUT2D eigenvalue weighted by Gasteiger charge is -2.03. The highest BCUT2D eigenvalue weighted by molar-refractivity contribution is 6.00. The molecule has 5 heteroatoms. The van der Waals surface area contributed by atoms with Gasteiger partial charge >= 0.3 is 0 Å². The van der Waals surface area contributed by atoms with Gasteiger partial charge in [0.05, 0.1) is 17.3 Å². The van der Waals surface area contributed by atoms with Crippen molar-refractivity contribution < 1.29 is 9.18 Å². The Morgan fingerprint density at radius 2 is 1.67 bits per heavy atom. The van der Waals surface area contributed by atoms with Crippen LogP contribution in [0.25, 0.3) is 0 Å². The summed E-state index contributed by atoms with van der Waals surface area (Å²) in [7, 11) is 0. The first-order valence-electron chi connectivity index (χ1n) is 6.21. The van der Waals surface area contributed by atoms with Crippen molar-refractivity contribution in [1.82, 2.24) is 5.43 Å². The van der Waals surface area contributed by atoms with Crippen molar-refractivity contribution in [3.8, 4) is 6.07 Å². The van der Waals surface area contributed by atoms with Crippen LogP contribution in [0.5, 0.6) is 0 Å². The standard InChI is InChI=1S/C16H12FN3O/c1-11(13-4-2-12(10-18)3-5-13)19-20-16(21)14-6-8-15(17)9-7-14/h2-9H,1H3,(H,20,21). The predicted molar refractivity (Wildman–Crippen MR) is 77.2 cm³/mol. The molecule has 0 radical (unpaired) electrons. The number of hydrazone groups is 1. The maximum atomic E-state index is 12.8. The molecule has 2 rings (SSSR count). The molecule has 0 aromatic heterocycles. The van der Waals surface area contributed by atoms with E-state index in [-0.39, 0.29) is 0 Å². The number of hydrogen-bond donors (Lipinski definition) is 1. The van der Waals surface area contributed by atoms with Gasteiger partial charge in [-0.05, 0) is 48.9 Å². The van der Waals surface area contributed by atoms with Gasteiger partial charge in [-0.25, -0.2) is 9.82 Å². The number of halogens is 1. The highest BCUT2D eigenvalue weighted by Crippen LogP contribution is 2.05. The van der Waals surface area contributed by atoms with Gasteiger partial charge in [0.1, 0.15) is 5.82 Å². The molecule has 0 spiro atoms. The molecular formula is C16H12FN3O. The number of rotatable bonds is 3. The van der Waals surface area contributed by atoms with Crippen molar-refractivity contribution in [2.75, 3.05) is 0 Å². The van der Waals surface area contributed by atoms with E-state index in [9.17, 15) is 9.18 Å². The summed E-state index contributed by atoms with van der Waals surface area (Å²) in [6.07, 6.45) is 0. The molecule has 0 aliphatic carbocycles. The molecule has 0 heterocycles. The average molecular weight is 281 g/mol. The number of carbonyl (C=O) groups is 1. The zero-order valence-corrected chi connectivity index (χ0v) is 11.3. The monoisotopic (exact) mass is 281 g/mol. The van der Waals surface area contributed by atoms with Crippen LogP contribution in [0.1, 0.15) is 28.4 Å². The van der Waals surface area contributed by atoms with E-state index in [0.29, 0.717) is 16.8 Å². The Labute approximate surface area is 121 Å². The number of nitriles is 1. The topological polar surface area (TPSA) is 65.2 Å². The molecule has 0 aliphatic heterocycles. The van der Waals surface area contributed by atoms with E-state index in [1.165, 1.54) is 24.3 Å². The van der Waals surface area contributed by atoms with Gasteiger partial charge in [0, 0.05) is 5.56 Å². The van der Waals surface area contributed by atoms with Crippen LogP contribution in [0.3, 0.4) is 0 Å². The van der Waals surface area contributed by atoms with Gasteiger partial charge in [-0.3, -0.25) is 4.79 Å². The van der Waals surface area contributed by atoms with E-state index in [1.807, 2.05) is 6.07 Å². The minimum absolute atomic E-state index is 0.327. The van der Waals surface area contributed by atoms with E-state index < -0.39 is 11.7 Å². The summed E-state index contributed by atoms with van der Waals surface area (Å²) >= 11 is 0. The van der Waals surface area contributed by atoms with Crippen molar-refractivity contribution in [2.24, 2.45) is 5.10 Å². The van der Waals surface area contributed by atoms with Crippen molar-refractivity contribution >= 4 is 11.6 Å². The van der Waals surface area contributed by atoms with E-state index >= 15 is 0 Å². The normalized spacial score (nSPS) is 10.8. The van der Waals surface area contributed by atoms with Crippen LogP contribution in [0.15, 0.2) is 53.6 Å². The number of benzene rings is 2. The molecule has 1 amide bonds. The molecule has 0 aliphatic rings. The predicted octanol–water partition coefficient (Wildman–Crippen LogP) is 2.85. The summed E-state index contributed by atoms with van der Waals surface area (Å²) in [6.45, 7) is 1.74. The van der Waals surface area contributed by atoms with Gasteiger partial charge in [-0.2, -0.15) is 10.4 Å². The van der Waals surface area contributed by atoms with Crippen LogP contribution in [0.2, 0.25) is 0 Å². The molecule has 0 unspecified atom stereocenters. The second-order valence-corrected chi connectivity index (χ2v) is 4.33. The lowest BCUT2D eigenvalue weighted by molar-refractivity contribution is 0.0955. The Hall–Kier alpha value is -3.00. The summed E-state index contributed by atoms with van der Waals surface area (Å²) in [5, 5.41) is 12.7. The first kappa shape index (κ1) is 14.4. The van der Waals surface area contributed by atoms with E-state index in [2.05, 4.69) is 10.5 Å². The molecule has 0 atom stereocenters. The Morgan fingerprint density at radius 1 is 1.10 bits per heavy atom. The van der Waals surface area contributed by atoms with E-state index in [0.717, 1.165) is 5.56 Å². The summed E-state index contributed by atoms with van der Waals surface area (Å²) in [5.74, 6) is -0.813. The number of hydrogen-bond acceptors (Lipinski definition) is 3. The zero-order chi connectivity index (χ0) is 15.2. The summed E-state index contributed by atoms with van der Waals surface area (Å²) < 4.78 is 12.8. The number of amides is 1. The molecule has 4 nitrogen and oxygen atoms in total. The molecule has 2 aromatic carbocycles. The van der Waals surface area contributed by atoms with Crippen LogP contribution in [-0.2, 0) is 0 Å². The second-order valence-electron chi connectivity index (χ2n) is 4.33. The number of nitrogens with one attached hydrogen (secondary N) is 1. The lowest BCUT2D eigenvalue weighted by Crippen LogP contribution is -2.19. The van der Waals surface area contributed by atoms with Crippen molar-refractivity contribution in [3.05, 3.63) is 71.0 Å². The summed E-state index contributed by atoms with van der Waals surface area (Å²) in [6, 6.07) is 14.1. The third kappa shape index (κ3) is 3.74. The molecule has 1 N–H and O–H groups in total. The lowest BCUT2D eigenvalue weighted by atomic mass is 10.1. The van der Waals surface area contributed by atoms with Gasteiger partial charge in [-0.1, -0.05) is 12.1 Å². The fraction of sp³-hybridized carbons (Fsp3) is 0.0625. The van der Waals surface area contributed by atoms with Gasteiger partial charge in [0.2, 0.25) is 0 Å². The highest BCUT2D eigenvalue weighted by Gasteiger charge is 2.05. The third-order valence-corrected chi connectivity index (χ3v) is 2.86. The maximum absolute atomic E-state index is 12.8. The summed E-state index contributed by atoms with van der Waals surface area (Å²) in [4.78, 5) is 11.8. The van der Waals surface area contributed by atoms with Crippen LogP contribution >= 0.6 is 0 Å². The minimum atomic E-state index is -0.414. The van der Waals surface area contributed by atoms with Crippen molar-refractivity contribution in [1.29, 1.82) is 5.26 Å². The maximum Gasteiger partial charge on any atom is 0.271 e. The van der Waals surface area contributed by atoms with Gasteiger partial charge in [-0.15, -0.1) is 0 Å². The van der Waals surface area contributed by atoms with E-state index in [1.54, 1.807) is 31.2 Å². The molecule has 0 saturated heterocycles. The molecule has 2 aromatic rings. The Balaban J connectivity index is 2.07. The largest absolute Gasteiger partial charge is 0.271 e. The van der Waals surface area contributed by atoms with Crippen LogP contribution in [0, 0.1) is 17.1 Å². The van der Waals surface area contributed by atoms with Crippen molar-refractivity contribution in [3.63, 3.8) is 0 Å². The van der Waals surface area contributed by atoms with Crippen LogP contribution in [0.4, 0.5) is 4.39 Å². The molecule has 0 fully saturated rings. The Morgan fingerprint density at radius 3 is 2.24 bits per heavy atom. The number of carbonyl (C=O) groups excluding carboxylic acids is 1. The summed E-state index contributed by atoms with van der Waals surface area (Å²) in [5.41, 5.74) is 4.70. The Bertz CT molecular complexity index is 713. The Kier molecular flexibility index (Phi) is 4.42. The zero-order valence-electron chi connectivity index (χ0n) is 11.3. The third-order valence-electron chi connectivity index (χ3n) is 2.86. The fourth-order valence-electron chi connectivity index (χ4n) is 1.65. The van der Waals surface area contributed by atoms with Crippen LogP contribution in [-0.4, -0.2) is 11.6 Å². The molecule has 104 valence electrons. The molecule has 0 saturated carbocycles. The first-order valence-corrected chi connectivity index (χ1v) is 6.21. The van der Waals surface area contributed by atoms with Gasteiger partial charge in [0.15, 0.2) is 0 Å². The van der Waals surface area contributed by atoms with Crippen LogP contribution < -0.4 is 5.43 Å². The minimum Gasteiger partial charge on any atom is -0.267 e. The average Bonchev–Trinajstić information content (AvgIpc) is 2.53. The first-order chi connectivity index (χ1) is 10.1. The number of nitrogens with zero attached hydrogens (tertiary/aromatic N) is 2. The van der Waals surface area contributed by atoms with Gasteiger partial charge in [0.25, 0.3) is 5.91 Å². The van der Waals surface area contributed by atoms with Gasteiger partial charge < -0.3 is 0 Å². The molecular weight excluding hydrogens is 269 g/mol. The van der Waals surface area contributed by atoms with E-state index in [4.69, 9.17) is 5.26 Å². The quantitative estimate of drug-likeness (QED) is 0.694. The smallest absolute Gasteiger partial charge is 0.267 e. The molecule has 21 heavy (non-hydrogen) atoms. The fourth-order valence-corrected chi connectivity index (χ4v) is 1.65. The highest BCUT2D eigenvalue weighted by atomic mass is 19.1. The second kappa shape index (κ2) is 6.44. The molecule has 0 bridgehead atoms.